The van der Waals surface area contributed by atoms with Crippen molar-refractivity contribution in [1.82, 2.24) is 10.2 Å². The normalized spacial score (nSPS) is 10.3. The van der Waals surface area contributed by atoms with Gasteiger partial charge in [-0.05, 0) is 30.2 Å². The first kappa shape index (κ1) is 21.3. The molecule has 0 bridgehead atoms. The summed E-state index contributed by atoms with van der Waals surface area (Å²) >= 11 is 0. The number of nitrogens with one attached hydrogen (secondary N) is 1. The molecule has 0 heterocycles. The molecule has 0 spiro atoms. The van der Waals surface area contributed by atoms with E-state index < -0.39 is 0 Å². The van der Waals surface area contributed by atoms with Gasteiger partial charge in [-0.3, -0.25) is 9.59 Å². The minimum atomic E-state index is -0.107. The quantitative estimate of drug-likeness (QED) is 0.721. The average Bonchev–Trinajstić information content (AvgIpc) is 2.70. The number of nitrogens with zero attached hydrogens (tertiary/aromatic N) is 1. The van der Waals surface area contributed by atoms with Crippen LogP contribution in [0.4, 0.5) is 0 Å². The Morgan fingerprint density at radius 2 is 1.61 bits per heavy atom. The van der Waals surface area contributed by atoms with E-state index in [0.29, 0.717) is 31.1 Å². The largest absolute Gasteiger partial charge is 0.493 e. The van der Waals surface area contributed by atoms with E-state index in [2.05, 4.69) is 5.32 Å². The molecule has 2 aromatic rings. The summed E-state index contributed by atoms with van der Waals surface area (Å²) in [5.74, 6) is 1.11. The Balaban J connectivity index is 1.85. The van der Waals surface area contributed by atoms with Crippen LogP contribution < -0.4 is 14.8 Å². The maximum absolute atomic E-state index is 12.2. The van der Waals surface area contributed by atoms with Crippen LogP contribution in [0.25, 0.3) is 0 Å². The third-order valence-electron chi connectivity index (χ3n) is 4.49. The summed E-state index contributed by atoms with van der Waals surface area (Å²) in [6, 6.07) is 13.6. The number of carbonyl (C=O) groups excluding carboxylic acids is 2. The van der Waals surface area contributed by atoms with Crippen LogP contribution in [0.1, 0.15) is 30.0 Å². The van der Waals surface area contributed by atoms with Gasteiger partial charge in [-0.2, -0.15) is 0 Å². The fraction of sp³-hybridized carbons (Fsp3) is 0.364. The number of amides is 2. The number of rotatable bonds is 9. The summed E-state index contributed by atoms with van der Waals surface area (Å²) in [6.45, 7) is 4.81. The van der Waals surface area contributed by atoms with Crippen molar-refractivity contribution < 1.29 is 19.1 Å². The summed E-state index contributed by atoms with van der Waals surface area (Å²) in [6.07, 6.45) is 0.249. The predicted octanol–water partition coefficient (Wildman–Crippen LogP) is 3.07. The number of carbonyl (C=O) groups is 2. The van der Waals surface area contributed by atoms with E-state index in [9.17, 15) is 9.59 Å². The fourth-order valence-electron chi connectivity index (χ4n) is 2.78. The van der Waals surface area contributed by atoms with Gasteiger partial charge < -0.3 is 19.7 Å². The molecule has 2 aromatic carbocycles. The van der Waals surface area contributed by atoms with Gasteiger partial charge in [0.25, 0.3) is 0 Å². The topological polar surface area (TPSA) is 67.9 Å². The molecule has 0 saturated carbocycles. The van der Waals surface area contributed by atoms with Crippen LogP contribution in [0.15, 0.2) is 42.5 Å². The molecule has 150 valence electrons. The monoisotopic (exact) mass is 384 g/mol. The molecular weight excluding hydrogens is 356 g/mol. The third-order valence-corrected chi connectivity index (χ3v) is 4.49. The van der Waals surface area contributed by atoms with Crippen molar-refractivity contribution in [2.75, 3.05) is 20.8 Å². The summed E-state index contributed by atoms with van der Waals surface area (Å²) in [4.78, 5) is 25.8. The van der Waals surface area contributed by atoms with Crippen molar-refractivity contribution in [3.63, 3.8) is 0 Å². The average molecular weight is 384 g/mol. The van der Waals surface area contributed by atoms with Crippen molar-refractivity contribution in [2.45, 2.75) is 33.4 Å². The highest BCUT2D eigenvalue weighted by Crippen LogP contribution is 2.27. The van der Waals surface area contributed by atoms with E-state index in [1.54, 1.807) is 25.2 Å². The number of hydrogen-bond acceptors (Lipinski definition) is 4. The SMILES string of the molecule is COc1ccc(CNC(=O)CCN(Cc2ccc(C)cc2)C(C)=O)cc1OC. The molecule has 0 unspecified atom stereocenters. The first-order chi connectivity index (χ1) is 13.4. The van der Waals surface area contributed by atoms with Gasteiger partial charge >= 0.3 is 0 Å². The number of benzene rings is 2. The lowest BCUT2D eigenvalue weighted by atomic mass is 10.1. The molecule has 28 heavy (non-hydrogen) atoms. The fourth-order valence-corrected chi connectivity index (χ4v) is 2.78. The molecule has 1 N–H and O–H groups in total. The lowest BCUT2D eigenvalue weighted by Gasteiger charge is -2.21. The smallest absolute Gasteiger partial charge is 0.222 e. The van der Waals surface area contributed by atoms with Crippen LogP contribution in [-0.4, -0.2) is 37.5 Å². The van der Waals surface area contributed by atoms with Crippen molar-refractivity contribution in [2.24, 2.45) is 0 Å². The molecule has 2 rings (SSSR count). The van der Waals surface area contributed by atoms with Gasteiger partial charge in [-0.25, -0.2) is 0 Å². The molecule has 0 radical (unpaired) electrons. The molecule has 0 aliphatic carbocycles. The maximum atomic E-state index is 12.2. The number of aryl methyl sites for hydroxylation is 1. The molecule has 0 fully saturated rings. The highest BCUT2D eigenvalue weighted by atomic mass is 16.5. The second kappa shape index (κ2) is 10.3. The van der Waals surface area contributed by atoms with Crippen molar-refractivity contribution in [1.29, 1.82) is 0 Å². The summed E-state index contributed by atoms with van der Waals surface area (Å²) in [5, 5.41) is 2.88. The van der Waals surface area contributed by atoms with E-state index >= 15 is 0 Å². The molecule has 2 amide bonds. The van der Waals surface area contributed by atoms with Gasteiger partial charge in [0, 0.05) is 33.0 Å². The van der Waals surface area contributed by atoms with Gasteiger partial charge in [-0.1, -0.05) is 35.9 Å². The standard InChI is InChI=1S/C22H28N2O4/c1-16-5-7-18(8-6-16)15-24(17(2)25)12-11-22(26)23-14-19-9-10-20(27-3)21(13-19)28-4/h5-10,13H,11-12,14-15H2,1-4H3,(H,23,26). The van der Waals surface area contributed by atoms with Crippen molar-refractivity contribution >= 4 is 11.8 Å². The van der Waals surface area contributed by atoms with Crippen LogP contribution in [0.3, 0.4) is 0 Å². The molecular formula is C22H28N2O4. The zero-order chi connectivity index (χ0) is 20.5. The van der Waals surface area contributed by atoms with Crippen molar-refractivity contribution in [3.05, 3.63) is 59.2 Å². The molecule has 6 heteroatoms. The van der Waals surface area contributed by atoms with E-state index in [4.69, 9.17) is 9.47 Å². The Morgan fingerprint density at radius 3 is 2.21 bits per heavy atom. The lowest BCUT2D eigenvalue weighted by molar-refractivity contribution is -0.130. The third kappa shape index (κ3) is 6.30. The molecule has 0 aromatic heterocycles. The van der Waals surface area contributed by atoms with Crippen LogP contribution in [0, 0.1) is 6.92 Å². The number of hydrogen-bond donors (Lipinski definition) is 1. The Labute approximate surface area is 166 Å². The number of methoxy groups -OCH3 is 2. The summed E-state index contributed by atoms with van der Waals surface area (Å²) in [5.41, 5.74) is 3.13. The molecule has 0 aliphatic rings. The van der Waals surface area contributed by atoms with Crippen LogP contribution in [0.5, 0.6) is 11.5 Å². The van der Waals surface area contributed by atoms with E-state index in [1.807, 2.05) is 43.3 Å². The highest BCUT2D eigenvalue weighted by molar-refractivity contribution is 5.78. The van der Waals surface area contributed by atoms with E-state index in [-0.39, 0.29) is 18.2 Å². The zero-order valence-corrected chi connectivity index (χ0v) is 17.0. The Kier molecular flexibility index (Phi) is 7.87. The van der Waals surface area contributed by atoms with Gasteiger partial charge in [0.15, 0.2) is 11.5 Å². The van der Waals surface area contributed by atoms with Crippen LogP contribution >= 0.6 is 0 Å². The Bertz CT molecular complexity index is 803. The summed E-state index contributed by atoms with van der Waals surface area (Å²) < 4.78 is 10.5. The first-order valence-corrected chi connectivity index (χ1v) is 9.21. The van der Waals surface area contributed by atoms with E-state index in [0.717, 1.165) is 11.1 Å². The lowest BCUT2D eigenvalue weighted by Crippen LogP contribution is -2.33. The molecule has 0 aliphatic heterocycles. The Morgan fingerprint density at radius 1 is 0.964 bits per heavy atom. The van der Waals surface area contributed by atoms with Gasteiger partial charge in [-0.15, -0.1) is 0 Å². The summed E-state index contributed by atoms with van der Waals surface area (Å²) in [7, 11) is 3.15. The minimum Gasteiger partial charge on any atom is -0.493 e. The second-order valence-electron chi connectivity index (χ2n) is 6.64. The number of ether oxygens (including phenoxy) is 2. The maximum Gasteiger partial charge on any atom is 0.222 e. The van der Waals surface area contributed by atoms with Crippen LogP contribution in [0.2, 0.25) is 0 Å². The van der Waals surface area contributed by atoms with Gasteiger partial charge in [0.05, 0.1) is 14.2 Å². The van der Waals surface area contributed by atoms with E-state index in [1.165, 1.54) is 12.5 Å². The van der Waals surface area contributed by atoms with Gasteiger partial charge in [0.2, 0.25) is 11.8 Å². The minimum absolute atomic E-state index is 0.0479. The molecule has 6 nitrogen and oxygen atoms in total. The first-order valence-electron chi connectivity index (χ1n) is 9.21. The highest BCUT2D eigenvalue weighted by Gasteiger charge is 2.12. The van der Waals surface area contributed by atoms with Crippen LogP contribution in [-0.2, 0) is 22.7 Å². The molecule has 0 atom stereocenters. The predicted molar refractivity (Wildman–Crippen MR) is 108 cm³/mol. The van der Waals surface area contributed by atoms with Gasteiger partial charge in [0.1, 0.15) is 0 Å². The Hall–Kier alpha value is -3.02. The zero-order valence-electron chi connectivity index (χ0n) is 17.0. The second-order valence-corrected chi connectivity index (χ2v) is 6.64. The molecule has 0 saturated heterocycles. The van der Waals surface area contributed by atoms with Crippen molar-refractivity contribution in [3.8, 4) is 11.5 Å².